The highest BCUT2D eigenvalue weighted by molar-refractivity contribution is 6.30. The summed E-state index contributed by atoms with van der Waals surface area (Å²) < 4.78 is 63.4. The number of alkyl halides is 3. The summed E-state index contributed by atoms with van der Waals surface area (Å²) in [5, 5.41) is 16.0. The van der Waals surface area contributed by atoms with Crippen molar-refractivity contribution >= 4 is 23.4 Å². The molecule has 0 radical (unpaired) electrons. The highest BCUT2D eigenvalue weighted by atomic mass is 35.5. The number of benzene rings is 2. The second kappa shape index (κ2) is 8.52. The van der Waals surface area contributed by atoms with Crippen LogP contribution in [0.1, 0.15) is 42.9 Å². The second-order valence-electron chi connectivity index (χ2n) is 9.60. The lowest BCUT2D eigenvalue weighted by atomic mass is 9.44. The van der Waals surface area contributed by atoms with Crippen molar-refractivity contribution in [1.29, 1.82) is 0 Å². The average molecular weight is 529 g/mol. The molecule has 2 unspecified atom stereocenters. The maximum atomic E-state index is 13.5. The fourth-order valence-corrected chi connectivity index (χ4v) is 5.34. The van der Waals surface area contributed by atoms with E-state index >= 15 is 0 Å². The molecule has 0 saturated heterocycles. The van der Waals surface area contributed by atoms with Crippen LogP contribution in [0.15, 0.2) is 36.4 Å². The Hall–Kier alpha value is -3.05. The quantitative estimate of drug-likeness (QED) is 0.497. The van der Waals surface area contributed by atoms with Gasteiger partial charge in [-0.05, 0) is 43.5 Å². The zero-order valence-electron chi connectivity index (χ0n) is 18.6. The van der Waals surface area contributed by atoms with E-state index in [9.17, 15) is 32.3 Å². The van der Waals surface area contributed by atoms with Crippen LogP contribution >= 0.6 is 11.6 Å². The molecular formula is C24H21ClF4N2O5. The number of nitrogens with one attached hydrogen (secondary N) is 2. The van der Waals surface area contributed by atoms with Crippen LogP contribution in [0.4, 0.5) is 17.6 Å². The Labute approximate surface area is 207 Å². The minimum Gasteiger partial charge on any atom is -0.484 e. The van der Waals surface area contributed by atoms with Crippen molar-refractivity contribution in [3.8, 4) is 11.5 Å². The third-order valence-corrected chi connectivity index (χ3v) is 7.09. The molecule has 0 aromatic heterocycles. The molecule has 36 heavy (non-hydrogen) atoms. The van der Waals surface area contributed by atoms with E-state index in [1.54, 1.807) is 0 Å². The van der Waals surface area contributed by atoms with Gasteiger partial charge >= 0.3 is 6.18 Å². The normalized spacial score (nSPS) is 28.1. The molecule has 0 spiro atoms. The summed E-state index contributed by atoms with van der Waals surface area (Å²) in [6.45, 7) is -0.324. The van der Waals surface area contributed by atoms with E-state index < -0.39 is 52.7 Å². The van der Waals surface area contributed by atoms with E-state index in [-0.39, 0.29) is 35.1 Å². The summed E-state index contributed by atoms with van der Waals surface area (Å²) in [6, 6.07) is 6.63. The average Bonchev–Trinajstić information content (AvgIpc) is 2.76. The van der Waals surface area contributed by atoms with Crippen LogP contribution in [0.5, 0.6) is 11.5 Å². The van der Waals surface area contributed by atoms with E-state index in [2.05, 4.69) is 10.6 Å². The largest absolute Gasteiger partial charge is 0.484 e. The van der Waals surface area contributed by atoms with Crippen molar-refractivity contribution < 1.29 is 41.7 Å². The van der Waals surface area contributed by atoms with E-state index in [1.807, 2.05) is 0 Å². The number of hydrogen-bond acceptors (Lipinski definition) is 5. The van der Waals surface area contributed by atoms with Gasteiger partial charge in [0.05, 0.1) is 16.7 Å². The van der Waals surface area contributed by atoms with Crippen molar-refractivity contribution in [1.82, 2.24) is 10.6 Å². The van der Waals surface area contributed by atoms with Crippen molar-refractivity contribution in [2.45, 2.75) is 55.1 Å². The first kappa shape index (κ1) is 24.6. The highest BCUT2D eigenvalue weighted by Crippen LogP contribution is 2.60. The molecule has 4 aliphatic rings. The molecule has 192 valence electrons. The van der Waals surface area contributed by atoms with Gasteiger partial charge in [-0.15, -0.1) is 0 Å². The van der Waals surface area contributed by atoms with Crippen molar-refractivity contribution in [3.05, 3.63) is 58.4 Å². The minimum absolute atomic E-state index is 0.0589. The fraction of sp³-hybridized carbons (Fsp3) is 0.417. The number of ether oxygens (including phenoxy) is 2. The van der Waals surface area contributed by atoms with Crippen LogP contribution in [0, 0.1) is 5.82 Å². The predicted octanol–water partition coefficient (Wildman–Crippen LogP) is 3.67. The van der Waals surface area contributed by atoms with Gasteiger partial charge in [-0.1, -0.05) is 17.7 Å². The Morgan fingerprint density at radius 2 is 1.81 bits per heavy atom. The molecule has 1 heterocycles. The summed E-state index contributed by atoms with van der Waals surface area (Å²) in [6.07, 6.45) is -5.56. The molecule has 2 aromatic carbocycles. The van der Waals surface area contributed by atoms with Gasteiger partial charge in [0.15, 0.2) is 12.7 Å². The highest BCUT2D eigenvalue weighted by Gasteiger charge is 2.69. The minimum atomic E-state index is -4.58. The molecular weight excluding hydrogens is 508 g/mol. The van der Waals surface area contributed by atoms with E-state index in [0.717, 1.165) is 24.3 Å². The van der Waals surface area contributed by atoms with Gasteiger partial charge in [0.1, 0.15) is 17.3 Å². The number of carbonyl (C=O) groups excluding carboxylic acids is 2. The fourth-order valence-electron chi connectivity index (χ4n) is 5.22. The number of aliphatic hydroxyl groups is 1. The summed E-state index contributed by atoms with van der Waals surface area (Å²) in [4.78, 5) is 25.0. The van der Waals surface area contributed by atoms with Crippen LogP contribution in [-0.4, -0.2) is 40.7 Å². The molecule has 2 atom stereocenters. The maximum absolute atomic E-state index is 13.5. The van der Waals surface area contributed by atoms with E-state index in [0.29, 0.717) is 19.3 Å². The first-order valence-electron chi connectivity index (χ1n) is 11.1. The Morgan fingerprint density at radius 1 is 1.11 bits per heavy atom. The Morgan fingerprint density at radius 3 is 2.47 bits per heavy atom. The van der Waals surface area contributed by atoms with Gasteiger partial charge < -0.3 is 25.2 Å². The number of halogens is 5. The summed E-state index contributed by atoms with van der Waals surface area (Å²) >= 11 is 5.61. The lowest BCUT2D eigenvalue weighted by Crippen LogP contribution is -2.84. The molecule has 2 amide bonds. The van der Waals surface area contributed by atoms with Crippen LogP contribution in [-0.2, 0) is 15.8 Å². The molecule has 12 heteroatoms. The number of amides is 2. The first-order valence-corrected chi connectivity index (χ1v) is 11.5. The zero-order chi connectivity index (χ0) is 25.9. The Bertz CT molecular complexity index is 1220. The lowest BCUT2D eigenvalue weighted by Gasteiger charge is -2.70. The Balaban J connectivity index is 1.12. The van der Waals surface area contributed by atoms with Gasteiger partial charge in [0, 0.05) is 29.1 Å². The first-order chi connectivity index (χ1) is 16.9. The topological polar surface area (TPSA) is 96.9 Å². The smallest absolute Gasteiger partial charge is 0.416 e. The molecule has 1 aliphatic heterocycles. The van der Waals surface area contributed by atoms with Gasteiger partial charge in [0.2, 0.25) is 0 Å². The third kappa shape index (κ3) is 4.57. The van der Waals surface area contributed by atoms with E-state index in [4.69, 9.17) is 21.1 Å². The number of hydrogen-bond donors (Lipinski definition) is 3. The van der Waals surface area contributed by atoms with Gasteiger partial charge in [0.25, 0.3) is 11.8 Å². The van der Waals surface area contributed by atoms with Crippen molar-refractivity contribution in [2.75, 3.05) is 6.61 Å². The monoisotopic (exact) mass is 528 g/mol. The van der Waals surface area contributed by atoms with Crippen LogP contribution in [0.2, 0.25) is 5.02 Å². The zero-order valence-corrected chi connectivity index (χ0v) is 19.4. The van der Waals surface area contributed by atoms with Crippen LogP contribution < -0.4 is 20.1 Å². The van der Waals surface area contributed by atoms with E-state index in [1.165, 1.54) is 12.1 Å². The van der Waals surface area contributed by atoms with Gasteiger partial charge in [-0.25, -0.2) is 4.39 Å². The predicted molar refractivity (Wildman–Crippen MR) is 118 cm³/mol. The summed E-state index contributed by atoms with van der Waals surface area (Å²) in [5.41, 5.74) is -1.77. The molecule has 6 rings (SSSR count). The second-order valence-corrected chi connectivity index (χ2v) is 10.0. The maximum Gasteiger partial charge on any atom is 0.416 e. The molecule has 7 nitrogen and oxygen atoms in total. The van der Waals surface area contributed by atoms with Crippen LogP contribution in [0.3, 0.4) is 0 Å². The molecule has 2 bridgehead atoms. The van der Waals surface area contributed by atoms with Gasteiger partial charge in [-0.2, -0.15) is 13.2 Å². The molecule has 3 fully saturated rings. The van der Waals surface area contributed by atoms with Crippen LogP contribution in [0.25, 0.3) is 0 Å². The number of aliphatic hydroxyl groups excluding tert-OH is 1. The van der Waals surface area contributed by atoms with Crippen molar-refractivity contribution in [2.24, 2.45) is 0 Å². The molecule has 3 N–H and O–H groups in total. The van der Waals surface area contributed by atoms with Gasteiger partial charge in [-0.3, -0.25) is 9.59 Å². The SMILES string of the molecule is O=C(COc1ccc(Cl)c(F)c1)NC12CC(NC(=O)C3CC(O)c4ccc(C(F)(F)F)cc4O3)(C1)C2. The number of fused-ring (bicyclic) bond motifs is 1. The number of rotatable bonds is 6. The standard InChI is InChI=1S/C24H21ClF4N2O5/c25-15-4-2-13(6-16(15)26)35-8-20(33)30-22-9-23(10-22,11-22)31-21(34)19-7-17(32)14-3-1-12(24(27,28)29)5-18(14)36-19/h1-6,17,19,32H,7-11H2,(H,30,33)(H,31,34). The number of carbonyl (C=O) groups is 2. The summed E-state index contributed by atoms with van der Waals surface area (Å²) in [7, 11) is 0. The lowest BCUT2D eigenvalue weighted by molar-refractivity contribution is -0.155. The summed E-state index contributed by atoms with van der Waals surface area (Å²) in [5.74, 6) is -1.62. The molecule has 2 aromatic rings. The third-order valence-electron chi connectivity index (χ3n) is 6.78. The molecule has 3 saturated carbocycles. The molecule has 3 aliphatic carbocycles. The Kier molecular flexibility index (Phi) is 5.83. The van der Waals surface area contributed by atoms with Crippen molar-refractivity contribution in [3.63, 3.8) is 0 Å².